The van der Waals surface area contributed by atoms with Crippen LogP contribution in [0.15, 0.2) is 30.3 Å². The van der Waals surface area contributed by atoms with Gasteiger partial charge in [0, 0.05) is 51.7 Å². The number of rotatable bonds is 6. The zero-order valence-corrected chi connectivity index (χ0v) is 14.8. The molecule has 2 fully saturated rings. The second-order valence-corrected chi connectivity index (χ2v) is 7.26. The first-order chi connectivity index (χ1) is 11.8. The number of piperazine rings is 1. The molecule has 1 N–H and O–H groups in total. The van der Waals surface area contributed by atoms with Gasteiger partial charge in [-0.05, 0) is 18.4 Å². The Balaban J connectivity index is 1.31. The van der Waals surface area contributed by atoms with Crippen molar-refractivity contribution >= 4 is 5.91 Å². The van der Waals surface area contributed by atoms with Crippen molar-refractivity contribution < 1.29 is 4.79 Å². The molecule has 0 atom stereocenters. The summed E-state index contributed by atoms with van der Waals surface area (Å²) in [7, 11) is 0. The van der Waals surface area contributed by atoms with Gasteiger partial charge in [-0.25, -0.2) is 0 Å². The predicted molar refractivity (Wildman–Crippen MR) is 97.8 cm³/mol. The minimum Gasteiger partial charge on any atom is -0.353 e. The van der Waals surface area contributed by atoms with Gasteiger partial charge >= 0.3 is 0 Å². The Morgan fingerprint density at radius 1 is 0.958 bits per heavy atom. The van der Waals surface area contributed by atoms with E-state index in [4.69, 9.17) is 0 Å². The van der Waals surface area contributed by atoms with Crippen LogP contribution in [0, 0.1) is 0 Å². The minimum atomic E-state index is 0.244. The van der Waals surface area contributed by atoms with Gasteiger partial charge < -0.3 is 10.2 Å². The smallest absolute Gasteiger partial charge is 0.221 e. The largest absolute Gasteiger partial charge is 0.353 e. The highest BCUT2D eigenvalue weighted by Crippen LogP contribution is 2.17. The predicted octanol–water partition coefficient (Wildman–Crippen LogP) is 2.64. The van der Waals surface area contributed by atoms with E-state index < -0.39 is 0 Å². The summed E-state index contributed by atoms with van der Waals surface area (Å²) >= 11 is 0. The number of nitrogens with zero attached hydrogens (tertiary/aromatic N) is 2. The number of hydrogen-bond donors (Lipinski definition) is 1. The number of carbonyl (C=O) groups is 1. The standard InChI is InChI=1S/C20H31N3O/c24-20(21-19-9-5-2-6-10-19)11-12-22-13-15-23(16-14-22)17-18-7-3-1-4-8-18/h1,3-4,7-8,19H,2,5-6,9-17H2,(H,21,24). The summed E-state index contributed by atoms with van der Waals surface area (Å²) < 4.78 is 0. The fourth-order valence-corrected chi connectivity index (χ4v) is 3.82. The molecule has 0 radical (unpaired) electrons. The van der Waals surface area contributed by atoms with Gasteiger partial charge in [-0.2, -0.15) is 0 Å². The second-order valence-electron chi connectivity index (χ2n) is 7.26. The van der Waals surface area contributed by atoms with Gasteiger partial charge in [0.05, 0.1) is 0 Å². The number of carbonyl (C=O) groups excluding carboxylic acids is 1. The number of hydrogen-bond acceptors (Lipinski definition) is 3. The van der Waals surface area contributed by atoms with E-state index in [1.165, 1.54) is 37.7 Å². The average Bonchev–Trinajstić information content (AvgIpc) is 2.63. The fraction of sp³-hybridized carbons (Fsp3) is 0.650. The van der Waals surface area contributed by atoms with Crippen LogP contribution in [0.2, 0.25) is 0 Å². The third-order valence-electron chi connectivity index (χ3n) is 5.34. The van der Waals surface area contributed by atoms with Crippen molar-refractivity contribution in [1.29, 1.82) is 0 Å². The van der Waals surface area contributed by atoms with E-state index in [0.29, 0.717) is 12.5 Å². The number of nitrogens with one attached hydrogen (secondary N) is 1. The van der Waals surface area contributed by atoms with Crippen molar-refractivity contribution in [2.45, 2.75) is 51.1 Å². The van der Waals surface area contributed by atoms with Crippen LogP contribution in [-0.2, 0) is 11.3 Å². The van der Waals surface area contributed by atoms with Crippen LogP contribution in [-0.4, -0.2) is 54.5 Å². The van der Waals surface area contributed by atoms with E-state index in [-0.39, 0.29) is 5.91 Å². The van der Waals surface area contributed by atoms with Crippen LogP contribution in [0.5, 0.6) is 0 Å². The van der Waals surface area contributed by atoms with Crippen LogP contribution >= 0.6 is 0 Å². The molecular formula is C20H31N3O. The lowest BCUT2D eigenvalue weighted by Crippen LogP contribution is -2.47. The van der Waals surface area contributed by atoms with Gasteiger partial charge in [0.2, 0.25) is 5.91 Å². The van der Waals surface area contributed by atoms with E-state index in [9.17, 15) is 4.79 Å². The molecule has 1 aliphatic heterocycles. The lowest BCUT2D eigenvalue weighted by atomic mass is 9.95. The summed E-state index contributed by atoms with van der Waals surface area (Å²) in [5.74, 6) is 0.244. The van der Waals surface area contributed by atoms with Crippen LogP contribution in [0.3, 0.4) is 0 Å². The SMILES string of the molecule is O=C(CCN1CCN(Cc2ccccc2)CC1)NC1CCCCC1. The molecule has 1 saturated carbocycles. The molecule has 1 heterocycles. The molecule has 2 aliphatic rings. The Morgan fingerprint density at radius 3 is 2.33 bits per heavy atom. The van der Waals surface area contributed by atoms with Gasteiger partial charge in [-0.15, -0.1) is 0 Å². The van der Waals surface area contributed by atoms with Crippen LogP contribution in [0.1, 0.15) is 44.1 Å². The Labute approximate surface area is 146 Å². The Bertz CT molecular complexity index is 491. The molecule has 1 saturated heterocycles. The molecule has 1 amide bonds. The van der Waals surface area contributed by atoms with Crippen molar-refractivity contribution in [2.24, 2.45) is 0 Å². The first-order valence-corrected chi connectivity index (χ1v) is 9.57. The Hall–Kier alpha value is -1.39. The van der Waals surface area contributed by atoms with E-state index >= 15 is 0 Å². The molecule has 4 heteroatoms. The molecule has 0 bridgehead atoms. The van der Waals surface area contributed by atoms with Gasteiger partial charge in [0.1, 0.15) is 0 Å². The molecule has 24 heavy (non-hydrogen) atoms. The normalized spacial score (nSPS) is 20.8. The number of benzene rings is 1. The molecule has 4 nitrogen and oxygen atoms in total. The summed E-state index contributed by atoms with van der Waals surface area (Å²) in [6.07, 6.45) is 6.87. The topological polar surface area (TPSA) is 35.6 Å². The van der Waals surface area contributed by atoms with Gasteiger partial charge in [-0.3, -0.25) is 9.69 Å². The maximum atomic E-state index is 12.1. The second kappa shape index (κ2) is 9.19. The first-order valence-electron chi connectivity index (χ1n) is 9.57. The highest BCUT2D eigenvalue weighted by molar-refractivity contribution is 5.76. The fourth-order valence-electron chi connectivity index (χ4n) is 3.82. The molecule has 1 aromatic rings. The molecule has 0 unspecified atom stereocenters. The summed E-state index contributed by atoms with van der Waals surface area (Å²) in [5.41, 5.74) is 1.39. The molecular weight excluding hydrogens is 298 g/mol. The molecule has 0 aromatic heterocycles. The lowest BCUT2D eigenvalue weighted by molar-refractivity contribution is -0.122. The summed E-state index contributed by atoms with van der Waals surface area (Å²) in [4.78, 5) is 17.1. The molecule has 1 aromatic carbocycles. The number of amides is 1. The van der Waals surface area contributed by atoms with Gasteiger partial charge in [0.15, 0.2) is 0 Å². The zero-order chi connectivity index (χ0) is 16.6. The van der Waals surface area contributed by atoms with E-state index in [1.807, 2.05) is 0 Å². The maximum Gasteiger partial charge on any atom is 0.221 e. The Morgan fingerprint density at radius 2 is 1.62 bits per heavy atom. The van der Waals surface area contributed by atoms with Crippen LogP contribution < -0.4 is 5.32 Å². The van der Waals surface area contributed by atoms with E-state index in [2.05, 4.69) is 45.4 Å². The highest BCUT2D eigenvalue weighted by Gasteiger charge is 2.19. The van der Waals surface area contributed by atoms with Gasteiger partial charge in [-0.1, -0.05) is 49.6 Å². The van der Waals surface area contributed by atoms with Crippen molar-refractivity contribution in [3.05, 3.63) is 35.9 Å². The Kier molecular flexibility index (Phi) is 6.67. The van der Waals surface area contributed by atoms with Crippen molar-refractivity contribution in [3.8, 4) is 0 Å². The third-order valence-corrected chi connectivity index (χ3v) is 5.34. The van der Waals surface area contributed by atoms with Crippen molar-refractivity contribution in [1.82, 2.24) is 15.1 Å². The van der Waals surface area contributed by atoms with E-state index in [1.54, 1.807) is 0 Å². The third kappa shape index (κ3) is 5.60. The van der Waals surface area contributed by atoms with Crippen molar-refractivity contribution in [3.63, 3.8) is 0 Å². The first kappa shape index (κ1) is 17.4. The molecule has 1 aliphatic carbocycles. The minimum absolute atomic E-state index is 0.244. The summed E-state index contributed by atoms with van der Waals surface area (Å²) in [6.45, 7) is 6.28. The van der Waals surface area contributed by atoms with Gasteiger partial charge in [0.25, 0.3) is 0 Å². The monoisotopic (exact) mass is 329 g/mol. The molecule has 132 valence electrons. The highest BCUT2D eigenvalue weighted by atomic mass is 16.1. The maximum absolute atomic E-state index is 12.1. The zero-order valence-electron chi connectivity index (χ0n) is 14.8. The summed E-state index contributed by atoms with van der Waals surface area (Å²) in [6, 6.07) is 11.1. The quantitative estimate of drug-likeness (QED) is 0.871. The lowest BCUT2D eigenvalue weighted by Gasteiger charge is -2.34. The molecule has 3 rings (SSSR count). The molecule has 0 spiro atoms. The average molecular weight is 329 g/mol. The van der Waals surface area contributed by atoms with Crippen molar-refractivity contribution in [2.75, 3.05) is 32.7 Å². The van der Waals surface area contributed by atoms with E-state index in [0.717, 1.165) is 39.3 Å². The summed E-state index contributed by atoms with van der Waals surface area (Å²) in [5, 5.41) is 3.22. The van der Waals surface area contributed by atoms with Crippen LogP contribution in [0.25, 0.3) is 0 Å². The van der Waals surface area contributed by atoms with Crippen LogP contribution in [0.4, 0.5) is 0 Å².